The first-order valence-electron chi connectivity index (χ1n) is 6.56. The predicted octanol–water partition coefficient (Wildman–Crippen LogP) is 1.65. The lowest BCUT2D eigenvalue weighted by atomic mass is 9.94. The second-order valence-corrected chi connectivity index (χ2v) is 6.14. The molecule has 0 spiro atoms. The molecule has 0 saturated carbocycles. The summed E-state index contributed by atoms with van der Waals surface area (Å²) in [6.45, 7) is 9.35. The molecule has 2 heterocycles. The Balaban J connectivity index is 1.91. The molecule has 6 nitrogen and oxygen atoms in total. The van der Waals surface area contributed by atoms with E-state index < -0.39 is 0 Å². The van der Waals surface area contributed by atoms with Crippen molar-refractivity contribution < 1.29 is 14.0 Å². The highest BCUT2D eigenvalue weighted by Gasteiger charge is 2.45. The van der Waals surface area contributed by atoms with Gasteiger partial charge < -0.3 is 19.3 Å². The summed E-state index contributed by atoms with van der Waals surface area (Å²) in [6.07, 6.45) is 0.961. The Morgan fingerprint density at radius 1 is 1.37 bits per heavy atom. The van der Waals surface area contributed by atoms with Crippen LogP contribution in [0.3, 0.4) is 0 Å². The first kappa shape index (κ1) is 14.4. The molecule has 1 aliphatic rings. The van der Waals surface area contributed by atoms with Gasteiger partial charge in [0.2, 0.25) is 0 Å². The highest BCUT2D eigenvalue weighted by molar-refractivity contribution is 4.99. The number of hydrogen-bond donors (Lipinski definition) is 1. The SMILES string of the molecule is COCc1nc(CNC2CC(C)(C)OC2(C)C)no1. The standard InChI is InChI=1S/C13H23N3O3/c1-12(2)6-9(13(3,4)19-12)14-7-10-15-11(8-17-5)18-16-10/h9,14H,6-8H2,1-5H3. The highest BCUT2D eigenvalue weighted by Crippen LogP contribution is 2.37. The molecule has 1 N–H and O–H groups in total. The Bertz CT molecular complexity index is 429. The van der Waals surface area contributed by atoms with Gasteiger partial charge in [-0.05, 0) is 34.1 Å². The molecule has 1 aromatic rings. The van der Waals surface area contributed by atoms with Crippen LogP contribution in [0.4, 0.5) is 0 Å². The average molecular weight is 269 g/mol. The molecule has 1 aliphatic heterocycles. The molecular formula is C13H23N3O3. The maximum absolute atomic E-state index is 6.03. The van der Waals surface area contributed by atoms with E-state index in [-0.39, 0.29) is 17.2 Å². The van der Waals surface area contributed by atoms with Crippen LogP contribution in [0, 0.1) is 0 Å². The molecule has 1 atom stereocenters. The van der Waals surface area contributed by atoms with E-state index in [0.29, 0.717) is 24.9 Å². The number of ether oxygens (including phenoxy) is 2. The summed E-state index contributed by atoms with van der Waals surface area (Å²) in [5.74, 6) is 1.15. The fraction of sp³-hybridized carbons (Fsp3) is 0.846. The van der Waals surface area contributed by atoms with Crippen molar-refractivity contribution in [3.05, 3.63) is 11.7 Å². The lowest BCUT2D eigenvalue weighted by Crippen LogP contribution is -2.43. The fourth-order valence-corrected chi connectivity index (χ4v) is 2.64. The lowest BCUT2D eigenvalue weighted by Gasteiger charge is -2.27. The van der Waals surface area contributed by atoms with E-state index >= 15 is 0 Å². The molecule has 2 rings (SSSR count). The van der Waals surface area contributed by atoms with E-state index in [0.717, 1.165) is 6.42 Å². The van der Waals surface area contributed by atoms with Crippen LogP contribution >= 0.6 is 0 Å². The summed E-state index contributed by atoms with van der Waals surface area (Å²) in [4.78, 5) is 4.24. The number of hydrogen-bond acceptors (Lipinski definition) is 6. The molecule has 19 heavy (non-hydrogen) atoms. The van der Waals surface area contributed by atoms with Crippen LogP contribution in [0.5, 0.6) is 0 Å². The van der Waals surface area contributed by atoms with Gasteiger partial charge >= 0.3 is 0 Å². The minimum atomic E-state index is -0.192. The minimum Gasteiger partial charge on any atom is -0.375 e. The van der Waals surface area contributed by atoms with Crippen molar-refractivity contribution in [3.63, 3.8) is 0 Å². The van der Waals surface area contributed by atoms with Crippen molar-refractivity contribution in [2.24, 2.45) is 0 Å². The summed E-state index contributed by atoms with van der Waals surface area (Å²) < 4.78 is 16.0. The Kier molecular flexibility index (Phi) is 3.94. The molecule has 1 aromatic heterocycles. The van der Waals surface area contributed by atoms with Gasteiger partial charge in [0.15, 0.2) is 5.82 Å². The van der Waals surface area contributed by atoms with Gasteiger partial charge in [0, 0.05) is 13.2 Å². The maximum Gasteiger partial charge on any atom is 0.252 e. The molecule has 0 aromatic carbocycles. The molecule has 0 aliphatic carbocycles. The van der Waals surface area contributed by atoms with E-state index in [4.69, 9.17) is 14.0 Å². The highest BCUT2D eigenvalue weighted by atomic mass is 16.5. The Labute approximate surface area is 113 Å². The zero-order valence-electron chi connectivity index (χ0n) is 12.3. The Morgan fingerprint density at radius 2 is 2.11 bits per heavy atom. The molecule has 1 unspecified atom stereocenters. The van der Waals surface area contributed by atoms with E-state index in [2.05, 4.69) is 43.2 Å². The van der Waals surface area contributed by atoms with E-state index in [1.165, 1.54) is 0 Å². The Hall–Kier alpha value is -0.980. The van der Waals surface area contributed by atoms with Gasteiger partial charge in [-0.1, -0.05) is 5.16 Å². The first-order valence-corrected chi connectivity index (χ1v) is 6.56. The van der Waals surface area contributed by atoms with Gasteiger partial charge in [0.25, 0.3) is 5.89 Å². The first-order chi connectivity index (χ1) is 8.82. The van der Waals surface area contributed by atoms with Crippen LogP contribution in [0.1, 0.15) is 45.8 Å². The average Bonchev–Trinajstić information content (AvgIpc) is 2.78. The summed E-state index contributed by atoms with van der Waals surface area (Å²) in [5, 5.41) is 7.36. The fourth-order valence-electron chi connectivity index (χ4n) is 2.64. The third-order valence-corrected chi connectivity index (χ3v) is 3.36. The number of methoxy groups -OCH3 is 1. The van der Waals surface area contributed by atoms with E-state index in [1.807, 2.05) is 0 Å². The molecule has 6 heteroatoms. The van der Waals surface area contributed by atoms with E-state index in [9.17, 15) is 0 Å². The molecule has 1 fully saturated rings. The zero-order chi connectivity index (χ0) is 14.1. The monoisotopic (exact) mass is 269 g/mol. The summed E-state index contributed by atoms with van der Waals surface area (Å²) in [5.41, 5.74) is -0.289. The molecule has 0 radical (unpaired) electrons. The summed E-state index contributed by atoms with van der Waals surface area (Å²) >= 11 is 0. The third kappa shape index (κ3) is 3.52. The second kappa shape index (κ2) is 5.19. The van der Waals surface area contributed by atoms with Crippen LogP contribution in [-0.4, -0.2) is 34.5 Å². The van der Waals surface area contributed by atoms with Crippen molar-refractivity contribution in [1.29, 1.82) is 0 Å². The maximum atomic E-state index is 6.03. The lowest BCUT2D eigenvalue weighted by molar-refractivity contribution is -0.0699. The number of nitrogens with zero attached hydrogens (tertiary/aromatic N) is 2. The van der Waals surface area contributed by atoms with Crippen molar-refractivity contribution in [1.82, 2.24) is 15.5 Å². The van der Waals surface area contributed by atoms with Crippen molar-refractivity contribution >= 4 is 0 Å². The van der Waals surface area contributed by atoms with Gasteiger partial charge in [-0.25, -0.2) is 0 Å². The van der Waals surface area contributed by atoms with Gasteiger partial charge in [0.05, 0.1) is 17.7 Å². The summed E-state index contributed by atoms with van der Waals surface area (Å²) in [6, 6.07) is 0.270. The van der Waals surface area contributed by atoms with Crippen molar-refractivity contribution in [3.8, 4) is 0 Å². The van der Waals surface area contributed by atoms with Crippen LogP contribution in [-0.2, 0) is 22.6 Å². The van der Waals surface area contributed by atoms with E-state index in [1.54, 1.807) is 7.11 Å². The number of aromatic nitrogens is 2. The topological polar surface area (TPSA) is 69.4 Å². The second-order valence-electron chi connectivity index (χ2n) is 6.14. The van der Waals surface area contributed by atoms with Gasteiger partial charge in [-0.3, -0.25) is 0 Å². The molecule has 1 saturated heterocycles. The largest absolute Gasteiger partial charge is 0.375 e. The third-order valence-electron chi connectivity index (χ3n) is 3.36. The van der Waals surface area contributed by atoms with Gasteiger partial charge in [-0.2, -0.15) is 4.98 Å². The van der Waals surface area contributed by atoms with Crippen LogP contribution < -0.4 is 5.32 Å². The smallest absolute Gasteiger partial charge is 0.252 e. The molecule has 0 amide bonds. The van der Waals surface area contributed by atoms with Crippen molar-refractivity contribution in [2.45, 2.75) is 64.5 Å². The zero-order valence-corrected chi connectivity index (χ0v) is 12.3. The number of rotatable bonds is 5. The number of nitrogens with one attached hydrogen (secondary N) is 1. The van der Waals surface area contributed by atoms with Crippen LogP contribution in [0.2, 0.25) is 0 Å². The summed E-state index contributed by atoms with van der Waals surface area (Å²) in [7, 11) is 1.60. The van der Waals surface area contributed by atoms with Gasteiger partial charge in [-0.15, -0.1) is 0 Å². The molecule has 0 bridgehead atoms. The predicted molar refractivity (Wildman–Crippen MR) is 69.5 cm³/mol. The molecular weight excluding hydrogens is 246 g/mol. The molecule has 108 valence electrons. The Morgan fingerprint density at radius 3 is 2.68 bits per heavy atom. The van der Waals surface area contributed by atoms with Crippen molar-refractivity contribution in [2.75, 3.05) is 7.11 Å². The van der Waals surface area contributed by atoms with Gasteiger partial charge in [0.1, 0.15) is 6.61 Å². The van der Waals surface area contributed by atoms with Crippen LogP contribution in [0.25, 0.3) is 0 Å². The quantitative estimate of drug-likeness (QED) is 0.876. The normalized spacial score (nSPS) is 24.8. The minimum absolute atomic E-state index is 0.0976. The van der Waals surface area contributed by atoms with Crippen LogP contribution in [0.15, 0.2) is 4.52 Å².